The molecular formula is C19H19ClN4O2. The second-order valence-corrected chi connectivity index (χ2v) is 5.94. The molecule has 6 nitrogen and oxygen atoms in total. The van der Waals surface area contributed by atoms with E-state index in [0.29, 0.717) is 28.9 Å². The molecule has 7 heteroatoms. The maximum Gasteiger partial charge on any atom is 0.248 e. The highest BCUT2D eigenvalue weighted by molar-refractivity contribution is 6.31. The van der Waals surface area contributed by atoms with E-state index in [4.69, 9.17) is 26.8 Å². The summed E-state index contributed by atoms with van der Waals surface area (Å²) in [7, 11) is 0. The minimum absolute atomic E-state index is 0.273. The molecule has 1 heterocycles. The average Bonchev–Trinajstić information content (AvgIpc) is 2.63. The first-order valence-corrected chi connectivity index (χ1v) is 8.49. The lowest BCUT2D eigenvalue weighted by Gasteiger charge is -2.12. The van der Waals surface area contributed by atoms with Gasteiger partial charge in [-0.15, -0.1) is 0 Å². The van der Waals surface area contributed by atoms with E-state index < -0.39 is 0 Å². The Hall–Kier alpha value is -2.99. The van der Waals surface area contributed by atoms with Gasteiger partial charge >= 0.3 is 0 Å². The van der Waals surface area contributed by atoms with Crippen molar-refractivity contribution in [2.75, 3.05) is 17.7 Å². The second kappa shape index (κ2) is 7.93. The first-order chi connectivity index (χ1) is 12.6. The Balaban J connectivity index is 1.79. The topological polar surface area (TPSA) is 82.3 Å². The van der Waals surface area contributed by atoms with E-state index in [1.54, 1.807) is 12.1 Å². The molecular weight excluding hydrogens is 352 g/mol. The third kappa shape index (κ3) is 4.15. The highest BCUT2D eigenvalue weighted by Gasteiger charge is 2.11. The fourth-order valence-electron chi connectivity index (χ4n) is 2.29. The van der Waals surface area contributed by atoms with Crippen LogP contribution in [0.15, 0.2) is 48.8 Å². The van der Waals surface area contributed by atoms with Gasteiger partial charge < -0.3 is 20.5 Å². The van der Waals surface area contributed by atoms with Gasteiger partial charge in [0.25, 0.3) is 0 Å². The Morgan fingerprint density at radius 3 is 2.50 bits per heavy atom. The lowest BCUT2D eigenvalue weighted by atomic mass is 10.2. The molecule has 0 radical (unpaired) electrons. The molecule has 0 saturated heterocycles. The lowest BCUT2D eigenvalue weighted by Crippen LogP contribution is -2.03. The van der Waals surface area contributed by atoms with Gasteiger partial charge in [-0.2, -0.15) is 4.98 Å². The monoisotopic (exact) mass is 370 g/mol. The minimum Gasteiger partial charge on any atom is -0.494 e. The van der Waals surface area contributed by atoms with Crippen LogP contribution in [0.1, 0.15) is 12.5 Å². The van der Waals surface area contributed by atoms with Crippen LogP contribution >= 0.6 is 11.6 Å². The van der Waals surface area contributed by atoms with E-state index in [9.17, 15) is 0 Å². The van der Waals surface area contributed by atoms with Crippen LogP contribution in [0, 0.1) is 6.92 Å². The number of hydrogen-bond acceptors (Lipinski definition) is 6. The number of benzene rings is 2. The Kier molecular flexibility index (Phi) is 5.43. The number of nitrogen functional groups attached to an aromatic ring is 1. The van der Waals surface area contributed by atoms with Gasteiger partial charge in [-0.3, -0.25) is 0 Å². The number of aryl methyl sites for hydroxylation is 1. The number of ether oxygens (including phenoxy) is 2. The van der Waals surface area contributed by atoms with E-state index in [1.807, 2.05) is 44.2 Å². The highest BCUT2D eigenvalue weighted by atomic mass is 35.5. The van der Waals surface area contributed by atoms with E-state index >= 15 is 0 Å². The first-order valence-electron chi connectivity index (χ1n) is 8.11. The molecule has 134 valence electrons. The number of aromatic nitrogens is 2. The summed E-state index contributed by atoms with van der Waals surface area (Å²) < 4.78 is 11.2. The Morgan fingerprint density at radius 1 is 1.08 bits per heavy atom. The SMILES string of the molecule is CCOc1ccc(Nc2ncnc(Oc3ccc(Cl)c(C)c3)c2N)cc1. The fraction of sp³-hybridized carbons (Fsp3) is 0.158. The number of nitrogens with zero attached hydrogens (tertiary/aromatic N) is 2. The van der Waals surface area contributed by atoms with Crippen molar-refractivity contribution in [3.63, 3.8) is 0 Å². The van der Waals surface area contributed by atoms with Crippen molar-refractivity contribution >= 4 is 28.8 Å². The van der Waals surface area contributed by atoms with Crippen LogP contribution in [-0.2, 0) is 0 Å². The summed E-state index contributed by atoms with van der Waals surface area (Å²) in [6.45, 7) is 4.46. The molecule has 0 spiro atoms. The molecule has 3 N–H and O–H groups in total. The summed E-state index contributed by atoms with van der Waals surface area (Å²) in [6, 6.07) is 12.9. The summed E-state index contributed by atoms with van der Waals surface area (Å²) in [6.07, 6.45) is 1.39. The van der Waals surface area contributed by atoms with Crippen molar-refractivity contribution in [3.05, 3.63) is 59.4 Å². The number of nitrogens with one attached hydrogen (secondary N) is 1. The van der Waals surface area contributed by atoms with Gasteiger partial charge in [0, 0.05) is 10.7 Å². The van der Waals surface area contributed by atoms with Crippen molar-refractivity contribution in [3.8, 4) is 17.4 Å². The van der Waals surface area contributed by atoms with Crippen LogP contribution in [0.2, 0.25) is 5.02 Å². The number of halogens is 1. The highest BCUT2D eigenvalue weighted by Crippen LogP contribution is 2.32. The van der Waals surface area contributed by atoms with E-state index in [1.165, 1.54) is 6.33 Å². The van der Waals surface area contributed by atoms with E-state index in [2.05, 4.69) is 15.3 Å². The average molecular weight is 371 g/mol. The Bertz CT molecular complexity index is 901. The molecule has 0 aliphatic rings. The van der Waals surface area contributed by atoms with Crippen molar-refractivity contribution in [2.45, 2.75) is 13.8 Å². The van der Waals surface area contributed by atoms with Gasteiger partial charge in [0.1, 0.15) is 23.5 Å². The second-order valence-electron chi connectivity index (χ2n) is 5.54. The smallest absolute Gasteiger partial charge is 0.248 e. The normalized spacial score (nSPS) is 10.4. The first kappa shape index (κ1) is 17.8. The van der Waals surface area contributed by atoms with Crippen LogP contribution in [-0.4, -0.2) is 16.6 Å². The molecule has 26 heavy (non-hydrogen) atoms. The van der Waals surface area contributed by atoms with Crippen LogP contribution in [0.5, 0.6) is 17.4 Å². The summed E-state index contributed by atoms with van der Waals surface area (Å²) in [4.78, 5) is 8.30. The van der Waals surface area contributed by atoms with Gasteiger partial charge in [0.05, 0.1) is 6.61 Å². The molecule has 3 rings (SSSR count). The van der Waals surface area contributed by atoms with Crippen molar-refractivity contribution in [1.82, 2.24) is 9.97 Å². The van der Waals surface area contributed by atoms with Gasteiger partial charge in [-0.05, 0) is 61.9 Å². The molecule has 0 amide bonds. The number of anilines is 3. The van der Waals surface area contributed by atoms with Crippen LogP contribution in [0.4, 0.5) is 17.2 Å². The largest absolute Gasteiger partial charge is 0.494 e. The zero-order valence-electron chi connectivity index (χ0n) is 14.5. The fourth-order valence-corrected chi connectivity index (χ4v) is 2.41. The third-order valence-electron chi connectivity index (χ3n) is 3.62. The van der Waals surface area contributed by atoms with E-state index in [0.717, 1.165) is 17.0 Å². The molecule has 0 aliphatic carbocycles. The van der Waals surface area contributed by atoms with Gasteiger partial charge in [0.2, 0.25) is 5.88 Å². The lowest BCUT2D eigenvalue weighted by molar-refractivity contribution is 0.340. The minimum atomic E-state index is 0.273. The molecule has 3 aromatic rings. The van der Waals surface area contributed by atoms with E-state index in [-0.39, 0.29) is 5.88 Å². The van der Waals surface area contributed by atoms with Crippen LogP contribution in [0.25, 0.3) is 0 Å². The quantitative estimate of drug-likeness (QED) is 0.638. The zero-order valence-corrected chi connectivity index (χ0v) is 15.2. The maximum absolute atomic E-state index is 6.16. The van der Waals surface area contributed by atoms with Crippen LogP contribution < -0.4 is 20.5 Å². The molecule has 0 bridgehead atoms. The molecule has 2 aromatic carbocycles. The standard InChI is InChI=1S/C19H19ClN4O2/c1-3-25-14-6-4-13(5-7-14)24-18-17(21)19(23-11-22-18)26-15-8-9-16(20)12(2)10-15/h4-11H,3,21H2,1-2H3,(H,22,23,24). The molecule has 0 unspecified atom stereocenters. The molecule has 0 fully saturated rings. The van der Waals surface area contributed by atoms with Crippen molar-refractivity contribution in [2.24, 2.45) is 0 Å². The zero-order chi connectivity index (χ0) is 18.5. The number of rotatable bonds is 6. The predicted octanol–water partition coefficient (Wildman–Crippen LogP) is 4.96. The number of hydrogen-bond donors (Lipinski definition) is 2. The summed E-state index contributed by atoms with van der Waals surface area (Å²) in [5.74, 6) is 2.14. The summed E-state index contributed by atoms with van der Waals surface area (Å²) in [5, 5.41) is 3.83. The molecule has 0 saturated carbocycles. The third-order valence-corrected chi connectivity index (χ3v) is 4.04. The van der Waals surface area contributed by atoms with Gasteiger partial charge in [0.15, 0.2) is 5.82 Å². The molecule has 0 atom stereocenters. The summed E-state index contributed by atoms with van der Waals surface area (Å²) in [5.41, 5.74) is 8.21. The molecule has 1 aromatic heterocycles. The van der Waals surface area contributed by atoms with Crippen molar-refractivity contribution < 1.29 is 9.47 Å². The van der Waals surface area contributed by atoms with Crippen molar-refractivity contribution in [1.29, 1.82) is 0 Å². The van der Waals surface area contributed by atoms with Gasteiger partial charge in [-0.1, -0.05) is 11.6 Å². The number of nitrogens with two attached hydrogens (primary N) is 1. The van der Waals surface area contributed by atoms with Gasteiger partial charge in [-0.25, -0.2) is 4.98 Å². The summed E-state index contributed by atoms with van der Waals surface area (Å²) >= 11 is 6.04. The van der Waals surface area contributed by atoms with Crippen LogP contribution in [0.3, 0.4) is 0 Å². The Labute approximate surface area is 156 Å². The predicted molar refractivity (Wildman–Crippen MR) is 104 cm³/mol. The Morgan fingerprint density at radius 2 is 1.81 bits per heavy atom. The molecule has 0 aliphatic heterocycles. The maximum atomic E-state index is 6.16.